The molecule has 11 heteroatoms. The maximum atomic E-state index is 15.8. The van der Waals surface area contributed by atoms with Gasteiger partial charge in [-0.05, 0) is 62.4 Å². The number of aromatic nitrogens is 3. The number of anilines is 2. The van der Waals surface area contributed by atoms with Crippen molar-refractivity contribution in [3.63, 3.8) is 0 Å². The number of nitrogens with one attached hydrogen (secondary N) is 1. The maximum absolute atomic E-state index is 15.8. The lowest BCUT2D eigenvalue weighted by Crippen LogP contribution is -2.37. The van der Waals surface area contributed by atoms with E-state index in [1.165, 1.54) is 31.5 Å². The molecule has 0 spiro atoms. The third kappa shape index (κ3) is 3.32. The summed E-state index contributed by atoms with van der Waals surface area (Å²) in [6.07, 6.45) is 6.42. The molecule has 2 aliphatic heterocycles. The molecule has 0 atom stereocenters. The first-order valence-corrected chi connectivity index (χ1v) is 13.5. The van der Waals surface area contributed by atoms with Gasteiger partial charge in [0.25, 0.3) is 0 Å². The summed E-state index contributed by atoms with van der Waals surface area (Å²) in [6.45, 7) is 3.81. The normalized spacial score (nSPS) is 17.8. The van der Waals surface area contributed by atoms with Crippen LogP contribution in [0.5, 0.6) is 5.75 Å². The summed E-state index contributed by atoms with van der Waals surface area (Å²) in [4.78, 5) is 0. The summed E-state index contributed by atoms with van der Waals surface area (Å²) in [5.41, 5.74) is 1.40. The molecule has 0 saturated heterocycles. The predicted molar refractivity (Wildman–Crippen MR) is 132 cm³/mol. The molecular formula is C25H25F2N5O3S. The molecule has 0 unspecified atom stereocenters. The minimum atomic E-state index is -3.70. The first kappa shape index (κ1) is 23.0. The second-order valence-electron chi connectivity index (χ2n) is 10.0. The molecule has 1 aromatic heterocycles. The van der Waals surface area contributed by atoms with Crippen LogP contribution in [0.4, 0.5) is 20.2 Å². The van der Waals surface area contributed by atoms with Crippen molar-refractivity contribution < 1.29 is 21.9 Å². The predicted octanol–water partition coefficient (Wildman–Crippen LogP) is 4.59. The van der Waals surface area contributed by atoms with Gasteiger partial charge >= 0.3 is 0 Å². The van der Waals surface area contributed by atoms with Gasteiger partial charge in [0.1, 0.15) is 23.1 Å². The molecule has 1 saturated carbocycles. The molecule has 3 aromatic rings. The number of hydrogen-bond donors (Lipinski definition) is 1. The van der Waals surface area contributed by atoms with Crippen LogP contribution < -0.4 is 14.4 Å². The summed E-state index contributed by atoms with van der Waals surface area (Å²) in [7, 11) is -2.22. The fourth-order valence-corrected chi connectivity index (χ4v) is 5.99. The molecule has 2 aromatic carbocycles. The van der Waals surface area contributed by atoms with Gasteiger partial charge in [-0.15, -0.1) is 10.2 Å². The molecule has 6 rings (SSSR count). The number of ether oxygens (including phenoxy) is 1. The Bertz CT molecular complexity index is 1570. The van der Waals surface area contributed by atoms with Crippen molar-refractivity contribution >= 4 is 21.4 Å². The number of sulfonamides is 1. The average molecular weight is 514 g/mol. The van der Waals surface area contributed by atoms with Gasteiger partial charge in [0.05, 0.1) is 30.3 Å². The van der Waals surface area contributed by atoms with Gasteiger partial charge in [-0.3, -0.25) is 4.57 Å². The summed E-state index contributed by atoms with van der Waals surface area (Å²) < 4.78 is 64.3. The maximum Gasteiger partial charge on any atom is 0.236 e. The molecule has 8 nitrogen and oxygen atoms in total. The zero-order valence-corrected chi connectivity index (χ0v) is 21.1. The average Bonchev–Trinajstić information content (AvgIpc) is 3.55. The van der Waals surface area contributed by atoms with Gasteiger partial charge in [-0.1, -0.05) is 6.08 Å². The van der Waals surface area contributed by atoms with Crippen molar-refractivity contribution in [2.45, 2.75) is 44.6 Å². The number of benzene rings is 2. The van der Waals surface area contributed by atoms with Gasteiger partial charge in [0, 0.05) is 17.7 Å². The van der Waals surface area contributed by atoms with Crippen molar-refractivity contribution in [1.82, 2.24) is 14.8 Å². The summed E-state index contributed by atoms with van der Waals surface area (Å²) >= 11 is 0. The number of allylic oxidation sites excluding steroid dienone is 1. The van der Waals surface area contributed by atoms with Crippen LogP contribution in [0.25, 0.3) is 16.8 Å². The smallest absolute Gasteiger partial charge is 0.236 e. The lowest BCUT2D eigenvalue weighted by molar-refractivity contribution is 0.409. The molecule has 36 heavy (non-hydrogen) atoms. The Morgan fingerprint density at radius 3 is 2.56 bits per heavy atom. The van der Waals surface area contributed by atoms with Gasteiger partial charge in [0.15, 0.2) is 11.6 Å². The van der Waals surface area contributed by atoms with E-state index in [4.69, 9.17) is 4.74 Å². The highest BCUT2D eigenvalue weighted by molar-refractivity contribution is 7.92. The minimum absolute atomic E-state index is 0.193. The quantitative estimate of drug-likeness (QED) is 0.549. The lowest BCUT2D eigenvalue weighted by Gasteiger charge is -2.35. The number of halogens is 2. The molecule has 0 bridgehead atoms. The third-order valence-electron chi connectivity index (χ3n) is 6.90. The van der Waals surface area contributed by atoms with Crippen molar-refractivity contribution in [3.05, 3.63) is 59.3 Å². The highest BCUT2D eigenvalue weighted by Crippen LogP contribution is 2.51. The number of fused-ring (bicyclic) bond motifs is 4. The Kier molecular flexibility index (Phi) is 4.79. The Balaban J connectivity index is 1.66. The zero-order chi connectivity index (χ0) is 25.6. The Hall–Kier alpha value is -3.47. The van der Waals surface area contributed by atoms with E-state index in [0.717, 1.165) is 29.2 Å². The van der Waals surface area contributed by atoms with Crippen LogP contribution in [0.1, 0.15) is 49.8 Å². The van der Waals surface area contributed by atoms with E-state index in [2.05, 4.69) is 15.5 Å². The number of nitrogens with zero attached hydrogens (tertiary/aromatic N) is 4. The summed E-state index contributed by atoms with van der Waals surface area (Å²) in [6, 6.07) is 3.78. The number of methoxy groups -OCH3 is 1. The van der Waals surface area contributed by atoms with Crippen LogP contribution in [0.15, 0.2) is 30.5 Å². The first-order valence-electron chi connectivity index (χ1n) is 11.6. The molecule has 1 fully saturated rings. The van der Waals surface area contributed by atoms with Crippen LogP contribution >= 0.6 is 0 Å². The van der Waals surface area contributed by atoms with Crippen LogP contribution in [0.2, 0.25) is 0 Å². The van der Waals surface area contributed by atoms with E-state index in [0.29, 0.717) is 40.4 Å². The van der Waals surface area contributed by atoms with E-state index >= 15 is 4.39 Å². The molecule has 3 aliphatic rings. The van der Waals surface area contributed by atoms with Gasteiger partial charge in [-0.25, -0.2) is 21.5 Å². The van der Waals surface area contributed by atoms with E-state index in [1.54, 1.807) is 6.08 Å². The highest BCUT2D eigenvalue weighted by Gasteiger charge is 2.42. The van der Waals surface area contributed by atoms with E-state index in [9.17, 15) is 12.8 Å². The van der Waals surface area contributed by atoms with E-state index in [1.807, 2.05) is 18.4 Å². The van der Waals surface area contributed by atoms with Crippen molar-refractivity contribution in [1.29, 1.82) is 0 Å². The SMILES string of the molecule is COc1c(-c2cc(F)cc3c2CC=CN3S(C)(=O)=O)cc(F)c2c1-n1c(C3CC3)nnc1C(C)(C)N2. The summed E-state index contributed by atoms with van der Waals surface area (Å²) in [5, 5.41) is 12.1. The monoisotopic (exact) mass is 513 g/mol. The zero-order valence-electron chi connectivity index (χ0n) is 20.3. The molecule has 1 aliphatic carbocycles. The third-order valence-corrected chi connectivity index (χ3v) is 7.93. The Morgan fingerprint density at radius 2 is 1.89 bits per heavy atom. The van der Waals surface area contributed by atoms with Crippen LogP contribution in [-0.4, -0.2) is 36.5 Å². The van der Waals surface area contributed by atoms with E-state index < -0.39 is 27.2 Å². The fourth-order valence-electron chi connectivity index (χ4n) is 5.16. The van der Waals surface area contributed by atoms with Crippen LogP contribution in [0, 0.1) is 11.6 Å². The lowest BCUT2D eigenvalue weighted by atomic mass is 9.91. The number of hydrogen-bond acceptors (Lipinski definition) is 6. The molecule has 188 valence electrons. The molecule has 3 heterocycles. The van der Waals surface area contributed by atoms with Crippen molar-refractivity contribution in [3.8, 4) is 22.6 Å². The largest absolute Gasteiger partial charge is 0.494 e. The minimum Gasteiger partial charge on any atom is -0.494 e. The standard InChI is InChI=1S/C25H25F2N5O3S/c1-25(2)24-30-29-23(13-7-8-13)32(24)21-20(28-25)18(27)12-17(22(21)35-3)16-10-14(26)11-19-15(16)6-5-9-31(19)36(4,33)34/h5,9-13,28H,6-8H2,1-4H3. The van der Waals surface area contributed by atoms with Gasteiger partial charge in [0.2, 0.25) is 10.0 Å². The Morgan fingerprint density at radius 1 is 1.14 bits per heavy atom. The molecule has 0 amide bonds. The molecular weight excluding hydrogens is 488 g/mol. The highest BCUT2D eigenvalue weighted by atomic mass is 32.2. The second kappa shape index (κ2) is 7.52. The van der Waals surface area contributed by atoms with Gasteiger partial charge in [-0.2, -0.15) is 0 Å². The summed E-state index contributed by atoms with van der Waals surface area (Å²) in [5.74, 6) is 0.725. The van der Waals surface area contributed by atoms with Crippen molar-refractivity contribution in [2.75, 3.05) is 23.0 Å². The fraction of sp³-hybridized carbons (Fsp3) is 0.360. The second-order valence-corrected chi connectivity index (χ2v) is 11.9. The first-order chi connectivity index (χ1) is 17.0. The van der Waals surface area contributed by atoms with Gasteiger partial charge < -0.3 is 10.1 Å². The van der Waals surface area contributed by atoms with Crippen molar-refractivity contribution in [2.24, 2.45) is 0 Å². The molecule has 1 N–H and O–H groups in total. The van der Waals surface area contributed by atoms with Crippen LogP contribution in [-0.2, 0) is 22.0 Å². The van der Waals surface area contributed by atoms with Crippen LogP contribution in [0.3, 0.4) is 0 Å². The Labute approximate surface area is 207 Å². The number of rotatable bonds is 4. The van der Waals surface area contributed by atoms with E-state index in [-0.39, 0.29) is 17.3 Å². The topological polar surface area (TPSA) is 89.4 Å². The molecule has 0 radical (unpaired) electrons.